The van der Waals surface area contributed by atoms with Gasteiger partial charge in [0, 0.05) is 25.3 Å². The van der Waals surface area contributed by atoms with Crippen molar-refractivity contribution < 1.29 is 13.2 Å². The predicted octanol–water partition coefficient (Wildman–Crippen LogP) is 1.04. The van der Waals surface area contributed by atoms with Gasteiger partial charge in [-0.05, 0) is 31.0 Å². The molecule has 1 heterocycles. The van der Waals surface area contributed by atoms with Gasteiger partial charge in [-0.1, -0.05) is 18.3 Å². The molecule has 1 aromatic rings. The largest absolute Gasteiger partial charge is 0.389 e. The summed E-state index contributed by atoms with van der Waals surface area (Å²) in [6, 6.07) is 4.94. The molecule has 0 saturated carbocycles. The lowest BCUT2D eigenvalue weighted by molar-refractivity contribution is 0.148. The molecule has 0 bridgehead atoms. The van der Waals surface area contributed by atoms with Crippen molar-refractivity contribution in [1.82, 2.24) is 4.31 Å². The molecule has 1 saturated heterocycles. The summed E-state index contributed by atoms with van der Waals surface area (Å²) in [7, 11) is -3.49. The van der Waals surface area contributed by atoms with Gasteiger partial charge in [0.15, 0.2) is 0 Å². The van der Waals surface area contributed by atoms with E-state index < -0.39 is 10.0 Å². The van der Waals surface area contributed by atoms with Crippen LogP contribution in [0.5, 0.6) is 0 Å². The van der Waals surface area contributed by atoms with E-state index >= 15 is 0 Å². The third-order valence-corrected chi connectivity index (χ3v) is 5.55. The van der Waals surface area contributed by atoms with Crippen molar-refractivity contribution in [1.29, 1.82) is 0 Å². The number of hydrogen-bond acceptors (Lipinski definition) is 4. The van der Waals surface area contributed by atoms with E-state index in [4.69, 9.17) is 22.7 Å². The van der Waals surface area contributed by atoms with Crippen LogP contribution in [-0.4, -0.2) is 44.0 Å². The molecule has 1 aliphatic heterocycles. The van der Waals surface area contributed by atoms with E-state index in [9.17, 15) is 8.42 Å². The lowest BCUT2D eigenvalue weighted by atomic mass is 10.1. The molecule has 20 heavy (non-hydrogen) atoms. The summed E-state index contributed by atoms with van der Waals surface area (Å²) in [5, 5.41) is 0. The van der Waals surface area contributed by atoms with Crippen LogP contribution in [0, 0.1) is 6.92 Å². The quantitative estimate of drug-likeness (QED) is 0.844. The number of thiocarbonyl (C=S) groups is 1. The van der Waals surface area contributed by atoms with Gasteiger partial charge in [-0.15, -0.1) is 0 Å². The van der Waals surface area contributed by atoms with Gasteiger partial charge in [0.05, 0.1) is 11.5 Å². The van der Waals surface area contributed by atoms with Crippen LogP contribution >= 0.6 is 12.2 Å². The topological polar surface area (TPSA) is 72.6 Å². The normalized spacial score (nSPS) is 17.6. The maximum Gasteiger partial charge on any atom is 0.243 e. The van der Waals surface area contributed by atoms with Gasteiger partial charge in [-0.2, -0.15) is 4.31 Å². The maximum absolute atomic E-state index is 12.6. The summed E-state index contributed by atoms with van der Waals surface area (Å²) in [4.78, 5) is 0.569. The van der Waals surface area contributed by atoms with Crippen LogP contribution in [0.25, 0.3) is 0 Å². The van der Waals surface area contributed by atoms with Crippen molar-refractivity contribution in [2.45, 2.75) is 18.2 Å². The highest BCUT2D eigenvalue weighted by Gasteiger charge is 2.26. The van der Waals surface area contributed by atoms with Crippen molar-refractivity contribution in [3.8, 4) is 0 Å². The maximum atomic E-state index is 12.6. The molecule has 1 aromatic carbocycles. The second-order valence-corrected chi connectivity index (χ2v) is 7.06. The van der Waals surface area contributed by atoms with Crippen LogP contribution < -0.4 is 5.73 Å². The zero-order valence-electron chi connectivity index (χ0n) is 11.3. The summed E-state index contributed by atoms with van der Waals surface area (Å²) in [5.74, 6) is 0. The standard InChI is InChI=1S/C13H18N2O3S2/c1-10-9-11(13(14)19)3-4-12(10)20(16,17)15-5-2-7-18-8-6-15/h3-4,9H,2,5-8H2,1H3,(H2,14,19). The molecule has 0 atom stereocenters. The second-order valence-electron chi connectivity index (χ2n) is 4.71. The summed E-state index contributed by atoms with van der Waals surface area (Å²) in [6.45, 7) is 3.66. The monoisotopic (exact) mass is 314 g/mol. The van der Waals surface area contributed by atoms with Gasteiger partial charge in [-0.3, -0.25) is 0 Å². The fourth-order valence-electron chi connectivity index (χ4n) is 2.19. The van der Waals surface area contributed by atoms with E-state index in [1.54, 1.807) is 25.1 Å². The molecule has 0 aromatic heterocycles. The highest BCUT2D eigenvalue weighted by Crippen LogP contribution is 2.22. The van der Waals surface area contributed by atoms with Crippen LogP contribution in [0.15, 0.2) is 23.1 Å². The first-order valence-corrected chi connectivity index (χ1v) is 8.26. The van der Waals surface area contributed by atoms with Gasteiger partial charge in [-0.25, -0.2) is 8.42 Å². The highest BCUT2D eigenvalue weighted by atomic mass is 32.2. The third-order valence-electron chi connectivity index (χ3n) is 3.26. The molecular weight excluding hydrogens is 296 g/mol. The van der Waals surface area contributed by atoms with Gasteiger partial charge in [0.25, 0.3) is 0 Å². The third kappa shape index (κ3) is 3.17. The second kappa shape index (κ2) is 6.17. The smallest absolute Gasteiger partial charge is 0.243 e. The van der Waals surface area contributed by atoms with E-state index in [1.165, 1.54) is 4.31 Å². The van der Waals surface area contributed by atoms with E-state index in [1.807, 2.05) is 0 Å². The molecule has 2 N–H and O–H groups in total. The Morgan fingerprint density at radius 3 is 2.75 bits per heavy atom. The number of aryl methyl sites for hydroxylation is 1. The van der Waals surface area contributed by atoms with Crippen LogP contribution in [0.4, 0.5) is 0 Å². The average Bonchev–Trinajstić information content (AvgIpc) is 2.67. The minimum Gasteiger partial charge on any atom is -0.389 e. The zero-order chi connectivity index (χ0) is 14.8. The Labute approximate surface area is 124 Å². The Hall–Kier alpha value is -1.02. The molecule has 1 fully saturated rings. The Morgan fingerprint density at radius 1 is 1.35 bits per heavy atom. The van der Waals surface area contributed by atoms with Crippen molar-refractivity contribution in [3.63, 3.8) is 0 Å². The van der Waals surface area contributed by atoms with Crippen LogP contribution in [0.1, 0.15) is 17.5 Å². The molecule has 1 aliphatic rings. The van der Waals surface area contributed by atoms with Crippen molar-refractivity contribution in [3.05, 3.63) is 29.3 Å². The van der Waals surface area contributed by atoms with E-state index in [0.29, 0.717) is 48.7 Å². The lowest BCUT2D eigenvalue weighted by Gasteiger charge is -2.20. The van der Waals surface area contributed by atoms with Crippen LogP contribution in [0.2, 0.25) is 0 Å². The van der Waals surface area contributed by atoms with Crippen LogP contribution in [0.3, 0.4) is 0 Å². The van der Waals surface area contributed by atoms with Gasteiger partial charge < -0.3 is 10.5 Å². The molecule has 7 heteroatoms. The fourth-order valence-corrected chi connectivity index (χ4v) is 3.99. The number of ether oxygens (including phenoxy) is 1. The molecule has 0 amide bonds. The molecule has 2 rings (SSSR count). The molecule has 5 nitrogen and oxygen atoms in total. The first-order valence-electron chi connectivity index (χ1n) is 6.41. The minimum absolute atomic E-state index is 0.264. The van der Waals surface area contributed by atoms with Gasteiger partial charge in [0.2, 0.25) is 10.0 Å². The van der Waals surface area contributed by atoms with E-state index in [-0.39, 0.29) is 4.99 Å². The number of hydrogen-bond donors (Lipinski definition) is 1. The minimum atomic E-state index is -3.49. The van der Waals surface area contributed by atoms with Crippen LogP contribution in [-0.2, 0) is 14.8 Å². The summed E-state index contributed by atoms with van der Waals surface area (Å²) >= 11 is 4.90. The number of nitrogens with zero attached hydrogens (tertiary/aromatic N) is 1. The van der Waals surface area contributed by atoms with Gasteiger partial charge >= 0.3 is 0 Å². The Morgan fingerprint density at radius 2 is 2.10 bits per heavy atom. The Balaban J connectivity index is 2.36. The summed E-state index contributed by atoms with van der Waals surface area (Å²) in [5.41, 5.74) is 6.89. The number of rotatable bonds is 3. The lowest BCUT2D eigenvalue weighted by Crippen LogP contribution is -2.33. The molecule has 0 aliphatic carbocycles. The Bertz CT molecular complexity index is 606. The molecule has 0 radical (unpaired) electrons. The van der Waals surface area contributed by atoms with E-state index in [2.05, 4.69) is 0 Å². The Kier molecular flexibility index (Phi) is 4.74. The average molecular weight is 314 g/mol. The van der Waals surface area contributed by atoms with Crippen molar-refractivity contribution in [2.24, 2.45) is 5.73 Å². The van der Waals surface area contributed by atoms with Crippen molar-refractivity contribution in [2.75, 3.05) is 26.3 Å². The summed E-state index contributed by atoms with van der Waals surface area (Å²) in [6.07, 6.45) is 0.712. The fraction of sp³-hybridized carbons (Fsp3) is 0.462. The molecule has 110 valence electrons. The van der Waals surface area contributed by atoms with Gasteiger partial charge in [0.1, 0.15) is 4.99 Å². The predicted molar refractivity (Wildman–Crippen MR) is 81.3 cm³/mol. The number of benzene rings is 1. The number of nitrogens with two attached hydrogens (primary N) is 1. The van der Waals surface area contributed by atoms with Crippen molar-refractivity contribution >= 4 is 27.2 Å². The zero-order valence-corrected chi connectivity index (χ0v) is 13.0. The molecular formula is C13H18N2O3S2. The first kappa shape index (κ1) is 15.4. The van der Waals surface area contributed by atoms with E-state index in [0.717, 1.165) is 0 Å². The number of sulfonamides is 1. The highest BCUT2D eigenvalue weighted by molar-refractivity contribution is 7.89. The first-order chi connectivity index (χ1) is 9.43. The molecule has 0 spiro atoms. The summed E-state index contributed by atoms with van der Waals surface area (Å²) < 4.78 is 32.1. The SMILES string of the molecule is Cc1cc(C(N)=S)ccc1S(=O)(=O)N1CCCOCC1. The molecule has 0 unspecified atom stereocenters.